The molecule has 4 nitrogen and oxygen atoms in total. The Morgan fingerprint density at radius 1 is 1.10 bits per heavy atom. The molecule has 3 rings (SSSR count). The zero-order chi connectivity index (χ0) is 21.3. The topological polar surface area (TPSA) is 62.1 Å². The van der Waals surface area contributed by atoms with Gasteiger partial charge in [-0.2, -0.15) is 5.26 Å². The van der Waals surface area contributed by atoms with Crippen LogP contribution in [0.5, 0.6) is 5.75 Å². The van der Waals surface area contributed by atoms with Crippen LogP contribution in [0.2, 0.25) is 0 Å². The van der Waals surface area contributed by atoms with Crippen LogP contribution in [0.3, 0.4) is 0 Å². The van der Waals surface area contributed by atoms with Crippen molar-refractivity contribution in [2.75, 3.05) is 0 Å². The lowest BCUT2D eigenvalue weighted by Crippen LogP contribution is -2.23. The highest BCUT2D eigenvalue weighted by atomic mass is 79.9. The molecule has 0 atom stereocenters. The smallest absolute Gasteiger partial charge is 0.262 e. The molecule has 3 aromatic carbocycles. The molecule has 0 bridgehead atoms. The summed E-state index contributed by atoms with van der Waals surface area (Å²) in [5.41, 5.74) is 2.06. The summed E-state index contributed by atoms with van der Waals surface area (Å²) in [5.74, 6) is -0.242. The van der Waals surface area contributed by atoms with E-state index >= 15 is 0 Å². The number of benzene rings is 3. The van der Waals surface area contributed by atoms with Gasteiger partial charge in [0.05, 0.1) is 4.47 Å². The number of carbonyl (C=O) groups excluding carboxylic acids is 1. The van der Waals surface area contributed by atoms with Gasteiger partial charge in [0.2, 0.25) is 0 Å². The van der Waals surface area contributed by atoms with Gasteiger partial charge in [0, 0.05) is 12.1 Å². The van der Waals surface area contributed by atoms with E-state index in [-0.39, 0.29) is 18.0 Å². The monoisotopic (exact) mass is 464 g/mol. The molecule has 1 N–H and O–H groups in total. The molecule has 0 heterocycles. The lowest BCUT2D eigenvalue weighted by molar-refractivity contribution is -0.117. The van der Waals surface area contributed by atoms with Crippen molar-refractivity contribution in [3.63, 3.8) is 0 Å². The molecule has 0 radical (unpaired) electrons. The molecule has 6 heteroatoms. The molecule has 0 fully saturated rings. The average molecular weight is 465 g/mol. The van der Waals surface area contributed by atoms with Crippen LogP contribution in [0.1, 0.15) is 16.7 Å². The number of amides is 1. The van der Waals surface area contributed by atoms with Gasteiger partial charge in [-0.05, 0) is 51.3 Å². The van der Waals surface area contributed by atoms with Crippen LogP contribution in [-0.4, -0.2) is 5.91 Å². The third-order valence-electron chi connectivity index (χ3n) is 4.27. The summed E-state index contributed by atoms with van der Waals surface area (Å²) in [6, 6.07) is 23.0. The molecule has 0 aliphatic rings. The van der Waals surface area contributed by atoms with Crippen molar-refractivity contribution in [1.82, 2.24) is 5.32 Å². The average Bonchev–Trinajstić information content (AvgIpc) is 2.77. The molecule has 0 unspecified atom stereocenters. The van der Waals surface area contributed by atoms with E-state index in [9.17, 15) is 14.4 Å². The molecule has 3 aromatic rings. The van der Waals surface area contributed by atoms with Crippen molar-refractivity contribution in [2.45, 2.75) is 13.2 Å². The second kappa shape index (κ2) is 10.4. The van der Waals surface area contributed by atoms with Gasteiger partial charge in [-0.3, -0.25) is 4.79 Å². The maximum Gasteiger partial charge on any atom is 0.262 e. The third kappa shape index (κ3) is 5.79. The Kier molecular flexibility index (Phi) is 7.36. The number of ether oxygens (including phenoxy) is 1. The van der Waals surface area contributed by atoms with E-state index in [0.717, 1.165) is 5.56 Å². The van der Waals surface area contributed by atoms with Gasteiger partial charge in [0.1, 0.15) is 29.8 Å². The number of nitrogens with one attached hydrogen (secondary N) is 1. The second-order valence-electron chi connectivity index (χ2n) is 6.41. The number of carbonyl (C=O) groups is 1. The first kappa shape index (κ1) is 21.3. The molecule has 30 heavy (non-hydrogen) atoms. The Bertz CT molecular complexity index is 1110. The van der Waals surface area contributed by atoms with Gasteiger partial charge in [-0.1, -0.05) is 54.6 Å². The predicted octanol–water partition coefficient (Wildman–Crippen LogP) is 5.39. The molecule has 0 aliphatic heterocycles. The van der Waals surface area contributed by atoms with Crippen LogP contribution >= 0.6 is 15.9 Å². The quantitative estimate of drug-likeness (QED) is 0.376. The van der Waals surface area contributed by atoms with Crippen molar-refractivity contribution in [2.24, 2.45) is 0 Å². The van der Waals surface area contributed by atoms with Crippen LogP contribution < -0.4 is 10.1 Å². The molecule has 0 spiro atoms. The number of rotatable bonds is 7. The zero-order valence-electron chi connectivity index (χ0n) is 15.9. The molecular formula is C24H18BrFN2O2. The molecule has 0 aromatic heterocycles. The fourth-order valence-electron chi connectivity index (χ4n) is 2.68. The first-order valence-corrected chi connectivity index (χ1v) is 9.96. The first-order valence-electron chi connectivity index (χ1n) is 9.16. The van der Waals surface area contributed by atoms with E-state index in [2.05, 4.69) is 21.2 Å². The SMILES string of the molecule is N#C/C(=C/c1ccc(OCc2ccccc2F)c(Br)c1)C(=O)NCc1ccccc1. The number of nitriles is 1. The van der Waals surface area contributed by atoms with Crippen LogP contribution in [0.25, 0.3) is 6.08 Å². The Morgan fingerprint density at radius 3 is 2.53 bits per heavy atom. The maximum atomic E-state index is 13.7. The maximum absolute atomic E-state index is 13.7. The van der Waals surface area contributed by atoms with Crippen molar-refractivity contribution < 1.29 is 13.9 Å². The summed E-state index contributed by atoms with van der Waals surface area (Å²) in [7, 11) is 0. The van der Waals surface area contributed by atoms with Gasteiger partial charge in [0.25, 0.3) is 5.91 Å². The fraction of sp³-hybridized carbons (Fsp3) is 0.0833. The van der Waals surface area contributed by atoms with Crippen molar-refractivity contribution >= 4 is 27.9 Å². The van der Waals surface area contributed by atoms with Gasteiger partial charge in [-0.25, -0.2) is 4.39 Å². The molecular weight excluding hydrogens is 447 g/mol. The standard InChI is InChI=1S/C24H18BrFN2O2/c25-21-13-18(10-11-23(21)30-16-19-8-4-5-9-22(19)26)12-20(14-27)24(29)28-15-17-6-2-1-3-7-17/h1-13H,15-16H2,(H,28,29)/b20-12-. The van der Waals surface area contributed by atoms with E-state index in [1.54, 1.807) is 36.4 Å². The van der Waals surface area contributed by atoms with Crippen molar-refractivity contribution in [3.8, 4) is 11.8 Å². The van der Waals surface area contributed by atoms with Gasteiger partial charge in [0.15, 0.2) is 0 Å². The summed E-state index contributed by atoms with van der Waals surface area (Å²) >= 11 is 3.42. The summed E-state index contributed by atoms with van der Waals surface area (Å²) in [4.78, 5) is 12.3. The van der Waals surface area contributed by atoms with Gasteiger partial charge < -0.3 is 10.1 Å². The Balaban J connectivity index is 1.66. The minimum atomic E-state index is -0.447. The Labute approximate surface area is 182 Å². The number of hydrogen-bond acceptors (Lipinski definition) is 3. The van der Waals surface area contributed by atoms with Gasteiger partial charge in [-0.15, -0.1) is 0 Å². The lowest BCUT2D eigenvalue weighted by atomic mass is 10.1. The zero-order valence-corrected chi connectivity index (χ0v) is 17.5. The summed E-state index contributed by atoms with van der Waals surface area (Å²) < 4.78 is 20.0. The molecule has 0 aliphatic carbocycles. The normalized spacial score (nSPS) is 10.9. The minimum Gasteiger partial charge on any atom is -0.488 e. The first-order chi connectivity index (χ1) is 14.6. The summed E-state index contributed by atoms with van der Waals surface area (Å²) in [6.07, 6.45) is 1.51. The van der Waals surface area contributed by atoms with Gasteiger partial charge >= 0.3 is 0 Å². The molecule has 0 saturated carbocycles. The van der Waals surface area contributed by atoms with Crippen LogP contribution in [0.15, 0.2) is 82.8 Å². The van der Waals surface area contributed by atoms with Crippen LogP contribution in [-0.2, 0) is 17.9 Å². The second-order valence-corrected chi connectivity index (χ2v) is 7.26. The van der Waals surface area contributed by atoms with E-state index in [1.807, 2.05) is 36.4 Å². The van der Waals surface area contributed by atoms with Crippen LogP contribution in [0.4, 0.5) is 4.39 Å². The third-order valence-corrected chi connectivity index (χ3v) is 4.89. The van der Waals surface area contributed by atoms with E-state index in [1.165, 1.54) is 12.1 Å². The van der Waals surface area contributed by atoms with E-state index < -0.39 is 5.91 Å². The highest BCUT2D eigenvalue weighted by Gasteiger charge is 2.10. The van der Waals surface area contributed by atoms with E-state index in [4.69, 9.17) is 4.74 Å². The van der Waals surface area contributed by atoms with Crippen molar-refractivity contribution in [1.29, 1.82) is 5.26 Å². The predicted molar refractivity (Wildman–Crippen MR) is 117 cm³/mol. The largest absolute Gasteiger partial charge is 0.488 e. The Hall–Kier alpha value is -3.43. The number of nitrogens with zero attached hydrogens (tertiary/aromatic N) is 1. The lowest BCUT2D eigenvalue weighted by Gasteiger charge is -2.10. The Morgan fingerprint density at radius 2 is 1.83 bits per heavy atom. The number of halogens is 2. The van der Waals surface area contributed by atoms with Crippen LogP contribution in [0, 0.1) is 17.1 Å². The molecule has 150 valence electrons. The highest BCUT2D eigenvalue weighted by molar-refractivity contribution is 9.10. The van der Waals surface area contributed by atoms with E-state index in [0.29, 0.717) is 27.9 Å². The summed E-state index contributed by atoms with van der Waals surface area (Å²) in [6.45, 7) is 0.428. The van der Waals surface area contributed by atoms with Crippen molar-refractivity contribution in [3.05, 3.63) is 105 Å². The molecule has 0 saturated heterocycles. The molecule has 1 amide bonds. The summed E-state index contributed by atoms with van der Waals surface area (Å²) in [5, 5.41) is 12.1. The number of hydrogen-bond donors (Lipinski definition) is 1. The highest BCUT2D eigenvalue weighted by Crippen LogP contribution is 2.28. The minimum absolute atomic E-state index is 0.00199. The fourth-order valence-corrected chi connectivity index (χ4v) is 3.19.